The molecule has 0 saturated carbocycles. The van der Waals surface area contributed by atoms with Gasteiger partial charge in [0.1, 0.15) is 0 Å². The first-order chi connectivity index (χ1) is 6.65. The summed E-state index contributed by atoms with van der Waals surface area (Å²) in [6.07, 6.45) is 4.31. The van der Waals surface area contributed by atoms with E-state index >= 15 is 0 Å². The van der Waals surface area contributed by atoms with Crippen molar-refractivity contribution in [3.8, 4) is 0 Å². The molecular weight excluding hydrogens is 326 g/mol. The lowest BCUT2D eigenvalue weighted by Crippen LogP contribution is -2.26. The molecule has 0 N–H and O–H groups in total. The first kappa shape index (κ1) is 12.7. The van der Waals surface area contributed by atoms with Crippen molar-refractivity contribution in [2.75, 3.05) is 10.7 Å². The lowest BCUT2D eigenvalue weighted by Gasteiger charge is -2.27. The molecule has 0 saturated heterocycles. The van der Waals surface area contributed by atoms with Crippen molar-refractivity contribution in [1.82, 2.24) is 4.98 Å². The summed E-state index contributed by atoms with van der Waals surface area (Å²) < 4.78 is 0. The molecule has 1 nitrogen and oxygen atoms in total. The third kappa shape index (κ3) is 3.04. The number of rotatable bonds is 5. The molecule has 14 heavy (non-hydrogen) atoms. The van der Waals surface area contributed by atoms with E-state index in [0.717, 1.165) is 22.1 Å². The molecule has 0 bridgehead atoms. The third-order valence-electron chi connectivity index (χ3n) is 2.54. The SMILES string of the molecule is CCC(CBr)(CBr)Cc1cnc(C)s1. The molecule has 1 heterocycles. The Bertz CT molecular complexity index is 273. The summed E-state index contributed by atoms with van der Waals surface area (Å²) >= 11 is 9.03. The lowest BCUT2D eigenvalue weighted by atomic mass is 9.86. The summed E-state index contributed by atoms with van der Waals surface area (Å²) in [6.45, 7) is 4.31. The Morgan fingerprint density at radius 2 is 2.07 bits per heavy atom. The molecule has 80 valence electrons. The predicted octanol–water partition coefficient (Wildman–Crippen LogP) is 4.18. The van der Waals surface area contributed by atoms with E-state index in [1.165, 1.54) is 11.3 Å². The van der Waals surface area contributed by atoms with Gasteiger partial charge in [-0.15, -0.1) is 11.3 Å². The van der Waals surface area contributed by atoms with E-state index in [0.29, 0.717) is 5.41 Å². The van der Waals surface area contributed by atoms with E-state index in [1.54, 1.807) is 0 Å². The molecule has 0 aliphatic heterocycles. The highest BCUT2D eigenvalue weighted by molar-refractivity contribution is 9.09. The summed E-state index contributed by atoms with van der Waals surface area (Å²) in [6, 6.07) is 0. The van der Waals surface area contributed by atoms with Gasteiger partial charge in [0.2, 0.25) is 0 Å². The van der Waals surface area contributed by atoms with Gasteiger partial charge in [0.25, 0.3) is 0 Å². The van der Waals surface area contributed by atoms with Crippen LogP contribution in [0, 0.1) is 12.3 Å². The monoisotopic (exact) mass is 339 g/mol. The second kappa shape index (κ2) is 5.61. The molecular formula is C10H15Br2NS. The fourth-order valence-electron chi connectivity index (χ4n) is 1.30. The average molecular weight is 341 g/mol. The topological polar surface area (TPSA) is 12.9 Å². The van der Waals surface area contributed by atoms with Crippen LogP contribution in [0.3, 0.4) is 0 Å². The zero-order valence-electron chi connectivity index (χ0n) is 8.52. The maximum Gasteiger partial charge on any atom is 0.0896 e. The fourth-order valence-corrected chi connectivity index (χ4v) is 4.39. The Morgan fingerprint density at radius 3 is 2.43 bits per heavy atom. The zero-order chi connectivity index (χ0) is 10.6. The summed E-state index contributed by atoms with van der Waals surface area (Å²) in [5.74, 6) is 0. The molecule has 1 aromatic rings. The smallest absolute Gasteiger partial charge is 0.0896 e. The van der Waals surface area contributed by atoms with Gasteiger partial charge < -0.3 is 0 Å². The highest BCUT2D eigenvalue weighted by Crippen LogP contribution is 2.33. The Morgan fingerprint density at radius 1 is 1.43 bits per heavy atom. The number of hydrogen-bond acceptors (Lipinski definition) is 2. The molecule has 0 atom stereocenters. The largest absolute Gasteiger partial charge is 0.250 e. The molecule has 1 aromatic heterocycles. The van der Waals surface area contributed by atoms with Crippen LogP contribution in [0.4, 0.5) is 0 Å². The van der Waals surface area contributed by atoms with Crippen molar-refractivity contribution in [1.29, 1.82) is 0 Å². The number of alkyl halides is 2. The van der Waals surface area contributed by atoms with Crippen LogP contribution < -0.4 is 0 Å². The molecule has 1 rings (SSSR count). The molecule has 0 radical (unpaired) electrons. The Kier molecular flexibility index (Phi) is 5.08. The van der Waals surface area contributed by atoms with Gasteiger partial charge >= 0.3 is 0 Å². The van der Waals surface area contributed by atoms with Crippen LogP contribution in [-0.4, -0.2) is 15.6 Å². The van der Waals surface area contributed by atoms with Crippen LogP contribution in [-0.2, 0) is 6.42 Å². The van der Waals surface area contributed by atoms with Crippen molar-refractivity contribution in [2.45, 2.75) is 26.7 Å². The highest BCUT2D eigenvalue weighted by atomic mass is 79.9. The molecule has 0 unspecified atom stereocenters. The van der Waals surface area contributed by atoms with Crippen molar-refractivity contribution in [2.24, 2.45) is 5.41 Å². The minimum atomic E-state index is 0.346. The number of hydrogen-bond donors (Lipinski definition) is 0. The molecule has 0 aliphatic carbocycles. The number of aromatic nitrogens is 1. The van der Waals surface area contributed by atoms with Gasteiger partial charge in [0, 0.05) is 21.7 Å². The first-order valence-corrected chi connectivity index (χ1v) is 7.75. The summed E-state index contributed by atoms with van der Waals surface area (Å²) in [5, 5.41) is 3.24. The standard InChI is InChI=1S/C10H15Br2NS/c1-3-10(6-11,7-12)4-9-5-13-8(2)14-9/h5H,3-4,6-7H2,1-2H3. The van der Waals surface area contributed by atoms with E-state index in [4.69, 9.17) is 0 Å². The number of aryl methyl sites for hydroxylation is 1. The molecule has 0 spiro atoms. The molecule has 0 aliphatic rings. The van der Waals surface area contributed by atoms with Crippen LogP contribution in [0.15, 0.2) is 6.20 Å². The molecule has 0 fully saturated rings. The van der Waals surface area contributed by atoms with Crippen molar-refractivity contribution < 1.29 is 0 Å². The van der Waals surface area contributed by atoms with Gasteiger partial charge in [-0.3, -0.25) is 0 Å². The number of nitrogens with zero attached hydrogens (tertiary/aromatic N) is 1. The van der Waals surface area contributed by atoms with E-state index in [9.17, 15) is 0 Å². The second-order valence-corrected chi connectivity index (χ2v) is 6.08. The van der Waals surface area contributed by atoms with Crippen LogP contribution >= 0.6 is 43.2 Å². The van der Waals surface area contributed by atoms with E-state index < -0.39 is 0 Å². The number of thiazole rings is 1. The minimum Gasteiger partial charge on any atom is -0.250 e. The van der Waals surface area contributed by atoms with Gasteiger partial charge in [-0.25, -0.2) is 4.98 Å². The lowest BCUT2D eigenvalue weighted by molar-refractivity contribution is 0.376. The van der Waals surface area contributed by atoms with E-state index in [1.807, 2.05) is 17.5 Å². The average Bonchev–Trinajstić information content (AvgIpc) is 2.61. The number of halogens is 2. The Balaban J connectivity index is 2.73. The van der Waals surface area contributed by atoms with Crippen LogP contribution in [0.5, 0.6) is 0 Å². The van der Waals surface area contributed by atoms with Gasteiger partial charge in [0.05, 0.1) is 5.01 Å². The van der Waals surface area contributed by atoms with Gasteiger partial charge in [-0.1, -0.05) is 38.8 Å². The van der Waals surface area contributed by atoms with Gasteiger partial charge in [-0.2, -0.15) is 0 Å². The second-order valence-electron chi connectivity index (χ2n) is 3.64. The van der Waals surface area contributed by atoms with Crippen LogP contribution in [0.25, 0.3) is 0 Å². The fraction of sp³-hybridized carbons (Fsp3) is 0.700. The predicted molar refractivity (Wildman–Crippen MR) is 70.9 cm³/mol. The van der Waals surface area contributed by atoms with Crippen molar-refractivity contribution >= 4 is 43.2 Å². The zero-order valence-corrected chi connectivity index (χ0v) is 12.5. The normalized spacial score (nSPS) is 12.0. The molecule has 4 heteroatoms. The van der Waals surface area contributed by atoms with Crippen molar-refractivity contribution in [3.63, 3.8) is 0 Å². The summed E-state index contributed by atoms with van der Waals surface area (Å²) in [4.78, 5) is 5.68. The minimum absolute atomic E-state index is 0.346. The first-order valence-electron chi connectivity index (χ1n) is 4.69. The third-order valence-corrected chi connectivity index (χ3v) is 5.83. The van der Waals surface area contributed by atoms with E-state index in [2.05, 4.69) is 50.7 Å². The van der Waals surface area contributed by atoms with Crippen LogP contribution in [0.2, 0.25) is 0 Å². The highest BCUT2D eigenvalue weighted by Gasteiger charge is 2.26. The molecule has 0 amide bonds. The van der Waals surface area contributed by atoms with Crippen LogP contribution in [0.1, 0.15) is 23.2 Å². The summed E-state index contributed by atoms with van der Waals surface area (Å²) in [7, 11) is 0. The Labute approximate surface area is 107 Å². The quantitative estimate of drug-likeness (QED) is 0.733. The maximum absolute atomic E-state index is 4.29. The van der Waals surface area contributed by atoms with E-state index in [-0.39, 0.29) is 0 Å². The molecule has 0 aromatic carbocycles. The maximum atomic E-state index is 4.29. The van der Waals surface area contributed by atoms with Gasteiger partial charge in [-0.05, 0) is 25.2 Å². The summed E-state index contributed by atoms with van der Waals surface area (Å²) in [5.41, 5.74) is 0.346. The van der Waals surface area contributed by atoms with Gasteiger partial charge in [0.15, 0.2) is 0 Å². The van der Waals surface area contributed by atoms with Crippen molar-refractivity contribution in [3.05, 3.63) is 16.1 Å². The Hall–Kier alpha value is 0.590.